The molecule has 1 saturated heterocycles. The van der Waals surface area contributed by atoms with Gasteiger partial charge in [-0.1, -0.05) is 0 Å². The lowest BCUT2D eigenvalue weighted by atomic mass is 10.1. The molecule has 5 nitrogen and oxygen atoms in total. The molecule has 0 unspecified atom stereocenters. The molecule has 1 aliphatic heterocycles. The van der Waals surface area contributed by atoms with E-state index in [2.05, 4.69) is 15.5 Å². The van der Waals surface area contributed by atoms with Crippen LogP contribution in [0.25, 0.3) is 0 Å². The lowest BCUT2D eigenvalue weighted by molar-refractivity contribution is 0.0950. The molecule has 4 rings (SSSR count). The molecule has 1 saturated carbocycles. The van der Waals surface area contributed by atoms with Gasteiger partial charge in [-0.15, -0.1) is 0 Å². The molecule has 2 N–H and O–H groups in total. The van der Waals surface area contributed by atoms with Crippen LogP contribution in [-0.4, -0.2) is 30.9 Å². The molecule has 2 aliphatic rings. The zero-order valence-corrected chi connectivity index (χ0v) is 15.0. The average Bonchev–Trinajstić information content (AvgIpc) is 3.31. The number of nitrogens with zero attached hydrogens (tertiary/aromatic N) is 1. The van der Waals surface area contributed by atoms with Gasteiger partial charge in [0.05, 0.1) is 5.56 Å². The van der Waals surface area contributed by atoms with Gasteiger partial charge in [-0.05, 0) is 68.1 Å². The van der Waals surface area contributed by atoms with Gasteiger partial charge in [-0.3, -0.25) is 9.59 Å². The van der Waals surface area contributed by atoms with Crippen LogP contribution < -0.4 is 15.5 Å². The van der Waals surface area contributed by atoms with Crippen molar-refractivity contribution in [2.24, 2.45) is 0 Å². The van der Waals surface area contributed by atoms with E-state index in [0.29, 0.717) is 16.8 Å². The maximum absolute atomic E-state index is 13.0. The minimum atomic E-state index is -0.388. The van der Waals surface area contributed by atoms with Crippen molar-refractivity contribution in [2.45, 2.75) is 31.7 Å². The first-order valence-corrected chi connectivity index (χ1v) is 9.37. The van der Waals surface area contributed by atoms with Crippen LogP contribution in [0.3, 0.4) is 0 Å². The Morgan fingerprint density at radius 3 is 2.33 bits per heavy atom. The zero-order chi connectivity index (χ0) is 18.8. The number of amides is 2. The van der Waals surface area contributed by atoms with Crippen molar-refractivity contribution < 1.29 is 14.0 Å². The van der Waals surface area contributed by atoms with Crippen LogP contribution in [0.5, 0.6) is 0 Å². The van der Waals surface area contributed by atoms with Gasteiger partial charge in [-0.2, -0.15) is 0 Å². The van der Waals surface area contributed by atoms with Gasteiger partial charge in [0, 0.05) is 36.1 Å². The largest absolute Gasteiger partial charge is 0.371 e. The lowest BCUT2D eigenvalue weighted by Gasteiger charge is -2.22. The Labute approximate surface area is 157 Å². The molecule has 2 amide bonds. The first kappa shape index (κ1) is 17.5. The van der Waals surface area contributed by atoms with E-state index >= 15 is 0 Å². The molecule has 1 aliphatic carbocycles. The molecule has 27 heavy (non-hydrogen) atoms. The van der Waals surface area contributed by atoms with Crippen LogP contribution in [0.2, 0.25) is 0 Å². The predicted octanol–water partition coefficient (Wildman–Crippen LogP) is 3.57. The Morgan fingerprint density at radius 2 is 1.67 bits per heavy atom. The molecule has 0 atom stereocenters. The SMILES string of the molecule is O=C(Nc1ccc(N2CCCC2)c(C(=O)NC2CC2)c1)c1ccc(F)cc1. The highest BCUT2D eigenvalue weighted by molar-refractivity contribution is 6.06. The van der Waals surface area contributed by atoms with E-state index in [9.17, 15) is 14.0 Å². The highest BCUT2D eigenvalue weighted by Crippen LogP contribution is 2.29. The Hall–Kier alpha value is -2.89. The second-order valence-corrected chi connectivity index (χ2v) is 7.13. The van der Waals surface area contributed by atoms with Gasteiger partial charge < -0.3 is 15.5 Å². The Balaban J connectivity index is 1.58. The standard InChI is InChI=1S/C21H22FN3O2/c22-15-5-3-14(4-6-15)20(26)24-17-9-10-19(25-11-1-2-12-25)18(13-17)21(27)23-16-7-8-16/h3-6,9-10,13,16H,1-2,7-8,11-12H2,(H,23,27)(H,24,26). The summed E-state index contributed by atoms with van der Waals surface area (Å²) in [5.41, 5.74) is 2.41. The molecule has 0 aromatic heterocycles. The fraction of sp³-hybridized carbons (Fsp3) is 0.333. The summed E-state index contributed by atoms with van der Waals surface area (Å²) >= 11 is 0. The van der Waals surface area contributed by atoms with Gasteiger partial charge in [0.25, 0.3) is 11.8 Å². The van der Waals surface area contributed by atoms with Gasteiger partial charge >= 0.3 is 0 Å². The molecule has 2 aromatic carbocycles. The van der Waals surface area contributed by atoms with E-state index < -0.39 is 0 Å². The smallest absolute Gasteiger partial charge is 0.255 e. The highest BCUT2D eigenvalue weighted by Gasteiger charge is 2.27. The first-order valence-electron chi connectivity index (χ1n) is 9.37. The van der Waals surface area contributed by atoms with Crippen LogP contribution >= 0.6 is 0 Å². The van der Waals surface area contributed by atoms with Gasteiger partial charge in [-0.25, -0.2) is 4.39 Å². The minimum absolute atomic E-state index is 0.0997. The third kappa shape index (κ3) is 4.10. The summed E-state index contributed by atoms with van der Waals surface area (Å²) in [7, 11) is 0. The summed E-state index contributed by atoms with van der Waals surface area (Å²) in [4.78, 5) is 27.3. The van der Waals surface area contributed by atoms with E-state index in [1.165, 1.54) is 24.3 Å². The summed E-state index contributed by atoms with van der Waals surface area (Å²) in [5.74, 6) is -0.824. The Morgan fingerprint density at radius 1 is 0.963 bits per heavy atom. The number of carbonyl (C=O) groups excluding carboxylic acids is 2. The van der Waals surface area contributed by atoms with E-state index in [4.69, 9.17) is 0 Å². The third-order valence-corrected chi connectivity index (χ3v) is 4.96. The highest BCUT2D eigenvalue weighted by atomic mass is 19.1. The molecular formula is C21H22FN3O2. The van der Waals surface area contributed by atoms with Crippen LogP contribution in [0, 0.1) is 5.82 Å². The molecule has 140 valence electrons. The van der Waals surface area contributed by atoms with Gasteiger partial charge in [0.15, 0.2) is 0 Å². The number of hydrogen-bond acceptors (Lipinski definition) is 3. The number of carbonyl (C=O) groups is 2. The Bertz CT molecular complexity index is 856. The second kappa shape index (κ2) is 7.39. The molecule has 0 bridgehead atoms. The van der Waals surface area contributed by atoms with Crippen molar-refractivity contribution in [1.29, 1.82) is 0 Å². The van der Waals surface area contributed by atoms with E-state index in [1.54, 1.807) is 6.07 Å². The monoisotopic (exact) mass is 367 g/mol. The summed E-state index contributed by atoms with van der Waals surface area (Å²) in [6.07, 6.45) is 4.27. The van der Waals surface area contributed by atoms with Crippen molar-refractivity contribution in [3.63, 3.8) is 0 Å². The molecular weight excluding hydrogens is 345 g/mol. The summed E-state index contributed by atoms with van der Waals surface area (Å²) in [5, 5.41) is 5.83. The van der Waals surface area contributed by atoms with Gasteiger partial charge in [0.2, 0.25) is 0 Å². The summed E-state index contributed by atoms with van der Waals surface area (Å²) in [6.45, 7) is 1.87. The van der Waals surface area contributed by atoms with E-state index in [-0.39, 0.29) is 23.7 Å². The van der Waals surface area contributed by atoms with Gasteiger partial charge in [0.1, 0.15) is 5.82 Å². The number of rotatable bonds is 5. The number of hydrogen-bond donors (Lipinski definition) is 2. The van der Waals surface area contributed by atoms with E-state index in [0.717, 1.165) is 44.5 Å². The van der Waals surface area contributed by atoms with Crippen LogP contribution in [0.4, 0.5) is 15.8 Å². The van der Waals surface area contributed by atoms with Crippen molar-refractivity contribution in [3.05, 3.63) is 59.4 Å². The molecule has 0 spiro atoms. The third-order valence-electron chi connectivity index (χ3n) is 4.96. The van der Waals surface area contributed by atoms with Crippen molar-refractivity contribution in [1.82, 2.24) is 5.32 Å². The zero-order valence-electron chi connectivity index (χ0n) is 15.0. The fourth-order valence-corrected chi connectivity index (χ4v) is 3.32. The number of benzene rings is 2. The second-order valence-electron chi connectivity index (χ2n) is 7.13. The maximum Gasteiger partial charge on any atom is 0.255 e. The van der Waals surface area contributed by atoms with Crippen LogP contribution in [0.15, 0.2) is 42.5 Å². The summed E-state index contributed by atoms with van der Waals surface area (Å²) in [6, 6.07) is 11.1. The number of halogens is 1. The van der Waals surface area contributed by atoms with Crippen LogP contribution in [0.1, 0.15) is 46.4 Å². The number of anilines is 2. The molecule has 2 aromatic rings. The van der Waals surface area contributed by atoms with Crippen molar-refractivity contribution in [2.75, 3.05) is 23.3 Å². The lowest BCUT2D eigenvalue weighted by Crippen LogP contribution is -2.29. The maximum atomic E-state index is 13.0. The average molecular weight is 367 g/mol. The molecule has 0 radical (unpaired) electrons. The van der Waals surface area contributed by atoms with E-state index in [1.807, 2.05) is 12.1 Å². The number of nitrogens with one attached hydrogen (secondary N) is 2. The molecule has 6 heteroatoms. The van der Waals surface area contributed by atoms with Crippen molar-refractivity contribution in [3.8, 4) is 0 Å². The minimum Gasteiger partial charge on any atom is -0.371 e. The predicted molar refractivity (Wildman–Crippen MR) is 103 cm³/mol. The Kier molecular flexibility index (Phi) is 4.79. The quantitative estimate of drug-likeness (QED) is 0.849. The fourth-order valence-electron chi connectivity index (χ4n) is 3.32. The normalized spacial score (nSPS) is 16.3. The summed E-state index contributed by atoms with van der Waals surface area (Å²) < 4.78 is 13.0. The topological polar surface area (TPSA) is 61.4 Å². The van der Waals surface area contributed by atoms with Crippen molar-refractivity contribution >= 4 is 23.2 Å². The molecule has 1 heterocycles. The van der Waals surface area contributed by atoms with Crippen LogP contribution in [-0.2, 0) is 0 Å². The first-order chi connectivity index (χ1) is 13.1. The molecule has 2 fully saturated rings.